The van der Waals surface area contributed by atoms with Crippen molar-refractivity contribution in [2.24, 2.45) is 7.05 Å². The third-order valence-electron chi connectivity index (χ3n) is 3.97. The molecule has 0 aliphatic rings. The van der Waals surface area contributed by atoms with Gasteiger partial charge in [-0.15, -0.1) is 0 Å². The van der Waals surface area contributed by atoms with Crippen molar-refractivity contribution in [1.29, 1.82) is 0 Å². The largest absolute Gasteiger partial charge is 0.343 e. The molecule has 1 aromatic carbocycles. The third kappa shape index (κ3) is 4.01. The van der Waals surface area contributed by atoms with E-state index in [1.54, 1.807) is 25.8 Å². The number of hydrogen-bond acceptors (Lipinski definition) is 3. The van der Waals surface area contributed by atoms with E-state index < -0.39 is 0 Å². The number of aryl methyl sites for hydroxylation is 3. The number of carbonyl (C=O) groups excluding carboxylic acids is 2. The van der Waals surface area contributed by atoms with Gasteiger partial charge in [-0.3, -0.25) is 14.3 Å². The van der Waals surface area contributed by atoms with Crippen LogP contribution in [0.1, 0.15) is 33.7 Å². The summed E-state index contributed by atoms with van der Waals surface area (Å²) in [6, 6.07) is 8.12. The number of aromatic nitrogens is 2. The van der Waals surface area contributed by atoms with Crippen LogP contribution in [-0.2, 0) is 18.3 Å². The molecule has 0 unspecified atom stereocenters. The van der Waals surface area contributed by atoms with Crippen molar-refractivity contribution in [1.82, 2.24) is 14.7 Å². The van der Waals surface area contributed by atoms with Gasteiger partial charge in [-0.05, 0) is 25.8 Å². The van der Waals surface area contributed by atoms with Gasteiger partial charge in [0.1, 0.15) is 0 Å². The van der Waals surface area contributed by atoms with Gasteiger partial charge in [-0.1, -0.05) is 29.8 Å². The van der Waals surface area contributed by atoms with Crippen LogP contribution in [0.25, 0.3) is 0 Å². The third-order valence-corrected chi connectivity index (χ3v) is 3.97. The number of nitrogens with zero attached hydrogens (tertiary/aromatic N) is 3. The van der Waals surface area contributed by atoms with Crippen molar-refractivity contribution >= 4 is 17.5 Å². The van der Waals surface area contributed by atoms with E-state index in [1.165, 1.54) is 10.5 Å². The first-order valence-electron chi connectivity index (χ1n) is 7.90. The lowest BCUT2D eigenvalue weighted by atomic mass is 10.1. The number of amides is 2. The molecule has 2 aromatic rings. The molecule has 128 valence electrons. The Bertz CT molecular complexity index is 745. The summed E-state index contributed by atoms with van der Waals surface area (Å²) in [5.41, 5.74) is 3.82. The highest BCUT2D eigenvalue weighted by molar-refractivity contribution is 6.02. The fraction of sp³-hybridized carbons (Fsp3) is 0.389. The zero-order chi connectivity index (χ0) is 17.9. The van der Waals surface area contributed by atoms with Crippen LogP contribution in [0, 0.1) is 13.8 Å². The molecule has 0 bridgehead atoms. The molecule has 0 radical (unpaired) electrons. The predicted molar refractivity (Wildman–Crippen MR) is 94.1 cm³/mol. The Morgan fingerprint density at radius 3 is 2.38 bits per heavy atom. The van der Waals surface area contributed by atoms with E-state index in [0.717, 1.165) is 11.3 Å². The predicted octanol–water partition coefficient (Wildman–Crippen LogP) is 2.31. The second kappa shape index (κ2) is 7.29. The second-order valence-corrected chi connectivity index (χ2v) is 6.17. The Morgan fingerprint density at radius 2 is 1.79 bits per heavy atom. The number of rotatable bonds is 5. The molecule has 0 saturated carbocycles. The molecule has 6 nitrogen and oxygen atoms in total. The van der Waals surface area contributed by atoms with Crippen LogP contribution in [0.2, 0.25) is 0 Å². The van der Waals surface area contributed by atoms with Crippen LogP contribution < -0.4 is 5.32 Å². The van der Waals surface area contributed by atoms with Crippen molar-refractivity contribution in [3.63, 3.8) is 0 Å². The molecular formula is C18H24N4O2. The van der Waals surface area contributed by atoms with Gasteiger partial charge in [-0.2, -0.15) is 5.10 Å². The molecule has 0 aliphatic heterocycles. The summed E-state index contributed by atoms with van der Waals surface area (Å²) >= 11 is 0. The molecule has 6 heteroatoms. The Morgan fingerprint density at radius 1 is 1.17 bits per heavy atom. The van der Waals surface area contributed by atoms with E-state index in [2.05, 4.69) is 10.4 Å². The molecule has 2 rings (SSSR count). The van der Waals surface area contributed by atoms with E-state index in [4.69, 9.17) is 0 Å². The van der Waals surface area contributed by atoms with Gasteiger partial charge in [0.05, 0.1) is 11.4 Å². The number of hydrogen-bond donors (Lipinski definition) is 1. The molecule has 0 fully saturated rings. The summed E-state index contributed by atoms with van der Waals surface area (Å²) in [4.78, 5) is 26.0. The average Bonchev–Trinajstić information content (AvgIpc) is 2.81. The summed E-state index contributed by atoms with van der Waals surface area (Å²) < 4.78 is 1.60. The summed E-state index contributed by atoms with van der Waals surface area (Å²) in [6.07, 6.45) is 1.01. The molecule has 2 amide bonds. The summed E-state index contributed by atoms with van der Waals surface area (Å²) in [6.45, 7) is 3.86. The van der Waals surface area contributed by atoms with Crippen LogP contribution in [0.5, 0.6) is 0 Å². The topological polar surface area (TPSA) is 67.2 Å². The van der Waals surface area contributed by atoms with Gasteiger partial charge in [-0.25, -0.2) is 0 Å². The lowest BCUT2D eigenvalue weighted by molar-refractivity contribution is -0.116. The van der Waals surface area contributed by atoms with E-state index in [0.29, 0.717) is 18.5 Å². The Kier molecular flexibility index (Phi) is 5.39. The summed E-state index contributed by atoms with van der Waals surface area (Å²) in [5, 5.41) is 7.07. The maximum absolute atomic E-state index is 12.3. The van der Waals surface area contributed by atoms with Gasteiger partial charge >= 0.3 is 0 Å². The zero-order valence-corrected chi connectivity index (χ0v) is 14.9. The normalized spacial score (nSPS) is 10.5. The first kappa shape index (κ1) is 17.7. The lowest BCUT2D eigenvalue weighted by Crippen LogP contribution is -2.24. The summed E-state index contributed by atoms with van der Waals surface area (Å²) in [7, 11) is 5.08. The Hall–Kier alpha value is -2.63. The standard InChI is InChI=1S/C18H24N4O2/c1-12-6-8-14(9-7-12)10-11-15(23)19-16-13(2)22(5)20-17(16)18(24)21(3)4/h6-9H,10-11H2,1-5H3,(H,19,23). The van der Waals surface area contributed by atoms with Crippen molar-refractivity contribution in [2.75, 3.05) is 19.4 Å². The van der Waals surface area contributed by atoms with Gasteiger partial charge in [0, 0.05) is 27.6 Å². The highest BCUT2D eigenvalue weighted by Gasteiger charge is 2.22. The quantitative estimate of drug-likeness (QED) is 0.916. The molecule has 0 spiro atoms. The van der Waals surface area contributed by atoms with E-state index in [9.17, 15) is 9.59 Å². The fourth-order valence-electron chi connectivity index (χ4n) is 2.33. The molecule has 0 saturated heterocycles. The van der Waals surface area contributed by atoms with Crippen LogP contribution in [-0.4, -0.2) is 40.6 Å². The van der Waals surface area contributed by atoms with E-state index >= 15 is 0 Å². The van der Waals surface area contributed by atoms with Crippen molar-refractivity contribution in [3.8, 4) is 0 Å². The van der Waals surface area contributed by atoms with Crippen molar-refractivity contribution < 1.29 is 9.59 Å². The van der Waals surface area contributed by atoms with Crippen LogP contribution in [0.4, 0.5) is 5.69 Å². The molecule has 1 heterocycles. The highest BCUT2D eigenvalue weighted by atomic mass is 16.2. The first-order valence-corrected chi connectivity index (χ1v) is 7.90. The van der Waals surface area contributed by atoms with Crippen LogP contribution in [0.15, 0.2) is 24.3 Å². The maximum atomic E-state index is 12.3. The van der Waals surface area contributed by atoms with E-state index in [1.807, 2.05) is 38.1 Å². The van der Waals surface area contributed by atoms with Crippen molar-refractivity contribution in [2.45, 2.75) is 26.7 Å². The number of nitrogens with one attached hydrogen (secondary N) is 1. The number of carbonyl (C=O) groups is 2. The van der Waals surface area contributed by atoms with E-state index in [-0.39, 0.29) is 17.5 Å². The average molecular weight is 328 g/mol. The minimum absolute atomic E-state index is 0.125. The van der Waals surface area contributed by atoms with Crippen molar-refractivity contribution in [3.05, 3.63) is 46.8 Å². The first-order chi connectivity index (χ1) is 11.3. The molecular weight excluding hydrogens is 304 g/mol. The van der Waals surface area contributed by atoms with Gasteiger partial charge in [0.25, 0.3) is 5.91 Å². The molecule has 1 N–H and O–H groups in total. The Labute approximate surface area is 142 Å². The molecule has 24 heavy (non-hydrogen) atoms. The molecule has 0 aliphatic carbocycles. The van der Waals surface area contributed by atoms with Gasteiger partial charge in [0.2, 0.25) is 5.91 Å². The molecule has 0 atom stereocenters. The SMILES string of the molecule is Cc1ccc(CCC(=O)Nc2c(C(=O)N(C)C)nn(C)c2C)cc1. The molecule has 1 aromatic heterocycles. The minimum atomic E-state index is -0.229. The lowest BCUT2D eigenvalue weighted by Gasteiger charge is -2.11. The smallest absolute Gasteiger partial charge is 0.276 e. The zero-order valence-electron chi connectivity index (χ0n) is 14.9. The van der Waals surface area contributed by atoms with Gasteiger partial charge < -0.3 is 10.2 Å². The van der Waals surface area contributed by atoms with Gasteiger partial charge in [0.15, 0.2) is 5.69 Å². The maximum Gasteiger partial charge on any atom is 0.276 e. The summed E-state index contributed by atoms with van der Waals surface area (Å²) in [5.74, 6) is -0.355. The Balaban J connectivity index is 2.08. The van der Waals surface area contributed by atoms with Crippen LogP contribution >= 0.6 is 0 Å². The van der Waals surface area contributed by atoms with Crippen LogP contribution in [0.3, 0.4) is 0 Å². The second-order valence-electron chi connectivity index (χ2n) is 6.17. The minimum Gasteiger partial charge on any atom is -0.343 e. The number of anilines is 1. The highest BCUT2D eigenvalue weighted by Crippen LogP contribution is 2.21. The number of benzene rings is 1. The fourth-order valence-corrected chi connectivity index (χ4v) is 2.33. The monoisotopic (exact) mass is 328 g/mol.